The van der Waals surface area contributed by atoms with E-state index in [4.69, 9.17) is 9.47 Å². The Morgan fingerprint density at radius 2 is 1.93 bits per heavy atom. The zero-order valence-electron chi connectivity index (χ0n) is 17.4. The van der Waals surface area contributed by atoms with Crippen LogP contribution in [0, 0.1) is 12.8 Å². The van der Waals surface area contributed by atoms with Crippen LogP contribution in [0.2, 0.25) is 0 Å². The highest BCUT2D eigenvalue weighted by atomic mass is 32.2. The molecule has 3 aromatic rings. The zero-order chi connectivity index (χ0) is 21.4. The number of fused-ring (bicyclic) bond motifs is 2. The van der Waals surface area contributed by atoms with Crippen LogP contribution in [-0.4, -0.2) is 37.6 Å². The summed E-state index contributed by atoms with van der Waals surface area (Å²) in [4.78, 5) is 34.6. The molecule has 0 amide bonds. The number of ether oxygens (including phenoxy) is 2. The highest BCUT2D eigenvalue weighted by Crippen LogP contribution is 2.33. The van der Waals surface area contributed by atoms with Crippen LogP contribution in [-0.2, 0) is 13.6 Å². The van der Waals surface area contributed by atoms with Gasteiger partial charge in [0, 0.05) is 19.3 Å². The van der Waals surface area contributed by atoms with Gasteiger partial charge in [-0.3, -0.25) is 13.9 Å². The first-order valence-electron chi connectivity index (χ1n) is 9.84. The van der Waals surface area contributed by atoms with E-state index < -0.39 is 0 Å². The monoisotopic (exact) mass is 428 g/mol. The van der Waals surface area contributed by atoms with Crippen molar-refractivity contribution in [3.63, 3.8) is 0 Å². The highest BCUT2D eigenvalue weighted by molar-refractivity contribution is 7.99. The predicted octanol–water partition coefficient (Wildman–Crippen LogP) is 2.39. The normalized spacial score (nSPS) is 15.7. The molecule has 8 nitrogen and oxygen atoms in total. The van der Waals surface area contributed by atoms with Crippen molar-refractivity contribution in [3.8, 4) is 11.5 Å². The van der Waals surface area contributed by atoms with Gasteiger partial charge < -0.3 is 9.47 Å². The number of para-hydroxylation sites is 2. The molecule has 3 heterocycles. The van der Waals surface area contributed by atoms with Crippen molar-refractivity contribution in [2.24, 2.45) is 13.0 Å². The number of hydrogen-bond acceptors (Lipinski definition) is 7. The lowest BCUT2D eigenvalue weighted by molar-refractivity contribution is 0.107. The molecule has 0 bridgehead atoms. The summed E-state index contributed by atoms with van der Waals surface area (Å²) in [6, 6.07) is 7.55. The molecule has 2 aromatic heterocycles. The second-order valence-electron chi connectivity index (χ2n) is 7.73. The van der Waals surface area contributed by atoms with Gasteiger partial charge in [0.2, 0.25) is 0 Å². The second kappa shape index (κ2) is 8.14. The van der Waals surface area contributed by atoms with Crippen molar-refractivity contribution in [3.05, 3.63) is 50.9 Å². The minimum atomic E-state index is -0.385. The molecule has 0 spiro atoms. The Labute approximate surface area is 177 Å². The second-order valence-corrected chi connectivity index (χ2v) is 8.74. The van der Waals surface area contributed by atoms with E-state index in [1.54, 1.807) is 11.5 Å². The molecule has 9 heteroatoms. The number of hydrogen-bond donors (Lipinski definition) is 0. The summed E-state index contributed by atoms with van der Waals surface area (Å²) in [6.45, 7) is 6.70. The molecule has 0 aliphatic carbocycles. The summed E-state index contributed by atoms with van der Waals surface area (Å²) >= 11 is 1.42. The fraction of sp³-hybridized carbons (Fsp3) is 0.429. The Bertz CT molecular complexity index is 1220. The Kier molecular flexibility index (Phi) is 5.55. The highest BCUT2D eigenvalue weighted by Gasteiger charge is 2.23. The first kappa shape index (κ1) is 20.5. The van der Waals surface area contributed by atoms with E-state index >= 15 is 0 Å². The van der Waals surface area contributed by atoms with E-state index in [0.29, 0.717) is 46.5 Å². The van der Waals surface area contributed by atoms with Gasteiger partial charge in [0.25, 0.3) is 5.56 Å². The van der Waals surface area contributed by atoms with Gasteiger partial charge in [0.05, 0.1) is 0 Å². The maximum atomic E-state index is 12.9. The molecule has 1 aliphatic rings. The summed E-state index contributed by atoms with van der Waals surface area (Å²) in [5.74, 6) is 2.73. The third kappa shape index (κ3) is 3.81. The maximum Gasteiger partial charge on any atom is 0.332 e. The molecular formula is C21H24N4O4S. The van der Waals surface area contributed by atoms with Crippen LogP contribution in [0.4, 0.5) is 0 Å². The van der Waals surface area contributed by atoms with Gasteiger partial charge in [-0.2, -0.15) is 0 Å². The average molecular weight is 429 g/mol. The minimum absolute atomic E-state index is 0.180. The molecule has 4 rings (SSSR count). The van der Waals surface area contributed by atoms with Crippen molar-refractivity contribution in [2.75, 3.05) is 12.4 Å². The zero-order valence-corrected chi connectivity index (χ0v) is 18.2. The average Bonchev–Trinajstić information content (AvgIpc) is 2.73. The summed E-state index contributed by atoms with van der Waals surface area (Å²) in [5, 5.41) is 0.920. The van der Waals surface area contributed by atoms with Gasteiger partial charge in [-0.05, 0) is 25.0 Å². The molecule has 158 valence electrons. The molecule has 0 fully saturated rings. The van der Waals surface area contributed by atoms with Crippen molar-refractivity contribution in [2.45, 2.75) is 38.4 Å². The fourth-order valence-electron chi connectivity index (χ4n) is 3.39. The smallest absolute Gasteiger partial charge is 0.332 e. The quantitative estimate of drug-likeness (QED) is 0.455. The number of benzene rings is 1. The Balaban J connectivity index is 1.70. The van der Waals surface area contributed by atoms with Crippen LogP contribution >= 0.6 is 11.8 Å². The summed E-state index contributed by atoms with van der Waals surface area (Å²) in [6.07, 6.45) is -0.180. The third-order valence-electron chi connectivity index (χ3n) is 4.78. The number of nitrogens with zero attached hydrogens (tertiary/aromatic N) is 4. The summed E-state index contributed by atoms with van der Waals surface area (Å²) < 4.78 is 14.5. The topological polar surface area (TPSA) is 88.2 Å². The first-order valence-corrected chi connectivity index (χ1v) is 10.8. The van der Waals surface area contributed by atoms with Gasteiger partial charge >= 0.3 is 5.69 Å². The predicted molar refractivity (Wildman–Crippen MR) is 116 cm³/mol. The molecule has 0 saturated carbocycles. The molecular weight excluding hydrogens is 404 g/mol. The van der Waals surface area contributed by atoms with Gasteiger partial charge in [0.1, 0.15) is 28.9 Å². The number of thioether (sulfide) groups is 1. The maximum absolute atomic E-state index is 12.9. The van der Waals surface area contributed by atoms with Crippen molar-refractivity contribution in [1.82, 2.24) is 19.1 Å². The van der Waals surface area contributed by atoms with E-state index in [9.17, 15) is 9.59 Å². The van der Waals surface area contributed by atoms with Crippen LogP contribution in [0.3, 0.4) is 0 Å². The lowest BCUT2D eigenvalue weighted by atomic mass is 10.2. The molecule has 0 N–H and O–H groups in total. The largest absolute Gasteiger partial charge is 0.486 e. The van der Waals surface area contributed by atoms with Crippen LogP contribution in [0.1, 0.15) is 19.7 Å². The molecule has 1 aromatic carbocycles. The molecule has 1 atom stereocenters. The third-order valence-corrected chi connectivity index (χ3v) is 5.89. The summed E-state index contributed by atoms with van der Waals surface area (Å²) in [7, 11) is 1.49. The molecule has 1 aliphatic heterocycles. The van der Waals surface area contributed by atoms with Gasteiger partial charge in [-0.25, -0.2) is 14.8 Å². The van der Waals surface area contributed by atoms with E-state index in [1.165, 1.54) is 18.8 Å². The van der Waals surface area contributed by atoms with Gasteiger partial charge in [-0.1, -0.05) is 26.0 Å². The Hall–Kier alpha value is -2.81. The van der Waals surface area contributed by atoms with Crippen LogP contribution in [0.5, 0.6) is 11.5 Å². The van der Waals surface area contributed by atoms with Gasteiger partial charge in [-0.15, -0.1) is 11.8 Å². The lowest BCUT2D eigenvalue weighted by Crippen LogP contribution is -2.39. The lowest BCUT2D eigenvalue weighted by Gasteiger charge is -2.26. The van der Waals surface area contributed by atoms with Crippen LogP contribution in [0.15, 0.2) is 38.9 Å². The first-order chi connectivity index (χ1) is 14.3. The van der Waals surface area contributed by atoms with Gasteiger partial charge in [0.15, 0.2) is 17.1 Å². The molecule has 30 heavy (non-hydrogen) atoms. The van der Waals surface area contributed by atoms with E-state index in [2.05, 4.69) is 9.97 Å². The minimum Gasteiger partial charge on any atom is -0.486 e. The van der Waals surface area contributed by atoms with Crippen molar-refractivity contribution >= 4 is 22.8 Å². The van der Waals surface area contributed by atoms with E-state index in [-0.39, 0.29) is 23.3 Å². The van der Waals surface area contributed by atoms with Crippen LogP contribution < -0.4 is 20.7 Å². The Morgan fingerprint density at radius 1 is 1.20 bits per heavy atom. The number of aryl methyl sites for hydroxylation is 1. The molecule has 0 saturated heterocycles. The Morgan fingerprint density at radius 3 is 2.67 bits per heavy atom. The number of aromatic nitrogens is 4. The van der Waals surface area contributed by atoms with Crippen molar-refractivity contribution in [1.29, 1.82) is 0 Å². The summed E-state index contributed by atoms with van der Waals surface area (Å²) in [5.41, 5.74) is -0.363. The number of rotatable bonds is 5. The van der Waals surface area contributed by atoms with Crippen LogP contribution in [0.25, 0.3) is 11.0 Å². The standard InChI is InChI=1S/C21H24N4O4S/c1-12(2)9-25-18-17(20(26)24(4)21(25)27)19(23-13(3)22-18)30-11-14-10-28-15-7-5-6-8-16(15)29-14/h5-8,12,14H,9-11H2,1-4H3. The van der Waals surface area contributed by atoms with E-state index in [0.717, 1.165) is 10.3 Å². The molecule has 0 radical (unpaired) electrons. The van der Waals surface area contributed by atoms with Crippen molar-refractivity contribution < 1.29 is 9.47 Å². The SMILES string of the molecule is Cc1nc(SCC2COc3ccccc3O2)c2c(=O)n(C)c(=O)n(CC(C)C)c2n1. The van der Waals surface area contributed by atoms with E-state index in [1.807, 2.05) is 38.1 Å². The molecule has 1 unspecified atom stereocenters. The fourth-order valence-corrected chi connectivity index (χ4v) is 4.42.